The SMILES string of the molecule is O=CCn1c(CCCC(F)(F)F)nc(-c2ccc(C(F)(F)F)cc2)cc1=O. The lowest BCUT2D eigenvalue weighted by Crippen LogP contribution is -2.26. The molecule has 1 heterocycles. The topological polar surface area (TPSA) is 52.0 Å². The zero-order valence-corrected chi connectivity index (χ0v) is 13.8. The number of alkyl halides is 6. The van der Waals surface area contributed by atoms with Crippen LogP contribution in [-0.4, -0.2) is 22.0 Å². The zero-order chi connectivity index (χ0) is 20.2. The molecule has 0 atom stereocenters. The first kappa shape index (κ1) is 20.7. The average molecular weight is 392 g/mol. The highest BCUT2D eigenvalue weighted by molar-refractivity contribution is 5.59. The first-order valence-electron chi connectivity index (χ1n) is 7.80. The Morgan fingerprint density at radius 2 is 1.67 bits per heavy atom. The molecule has 0 bridgehead atoms. The van der Waals surface area contributed by atoms with E-state index < -0.39 is 29.9 Å². The van der Waals surface area contributed by atoms with Gasteiger partial charge in [-0.1, -0.05) is 12.1 Å². The Kier molecular flexibility index (Phi) is 6.07. The van der Waals surface area contributed by atoms with Gasteiger partial charge in [0.25, 0.3) is 5.56 Å². The molecule has 0 aliphatic carbocycles. The predicted molar refractivity (Wildman–Crippen MR) is 84.0 cm³/mol. The van der Waals surface area contributed by atoms with Crippen molar-refractivity contribution < 1.29 is 31.1 Å². The number of benzene rings is 1. The fraction of sp³-hybridized carbons (Fsp3) is 0.353. The van der Waals surface area contributed by atoms with Gasteiger partial charge in [0, 0.05) is 24.5 Å². The molecule has 1 aromatic carbocycles. The van der Waals surface area contributed by atoms with E-state index >= 15 is 0 Å². The van der Waals surface area contributed by atoms with Crippen LogP contribution in [0.5, 0.6) is 0 Å². The van der Waals surface area contributed by atoms with E-state index in [9.17, 15) is 35.9 Å². The lowest BCUT2D eigenvalue weighted by molar-refractivity contribution is -0.137. The summed E-state index contributed by atoms with van der Waals surface area (Å²) in [4.78, 5) is 27.0. The van der Waals surface area contributed by atoms with Crippen LogP contribution in [0, 0.1) is 0 Å². The van der Waals surface area contributed by atoms with Crippen molar-refractivity contribution >= 4 is 6.29 Å². The molecule has 1 aromatic heterocycles. The molecule has 2 rings (SSSR count). The third kappa shape index (κ3) is 5.66. The van der Waals surface area contributed by atoms with E-state index in [4.69, 9.17) is 0 Å². The highest BCUT2D eigenvalue weighted by Gasteiger charge is 2.30. The Morgan fingerprint density at radius 1 is 1.04 bits per heavy atom. The van der Waals surface area contributed by atoms with Gasteiger partial charge in [0.05, 0.1) is 17.8 Å². The fourth-order valence-electron chi connectivity index (χ4n) is 2.44. The average Bonchev–Trinajstić information content (AvgIpc) is 2.56. The highest BCUT2D eigenvalue weighted by atomic mass is 19.4. The van der Waals surface area contributed by atoms with Crippen molar-refractivity contribution in [1.82, 2.24) is 9.55 Å². The summed E-state index contributed by atoms with van der Waals surface area (Å²) >= 11 is 0. The largest absolute Gasteiger partial charge is 0.416 e. The monoisotopic (exact) mass is 392 g/mol. The van der Waals surface area contributed by atoms with Crippen molar-refractivity contribution in [1.29, 1.82) is 0 Å². The molecular weight excluding hydrogens is 378 g/mol. The third-order valence-electron chi connectivity index (χ3n) is 3.71. The maximum Gasteiger partial charge on any atom is 0.416 e. The molecule has 146 valence electrons. The Labute approximate surface area is 149 Å². The molecule has 0 aliphatic rings. The normalized spacial score (nSPS) is 12.2. The molecular formula is C17H14F6N2O2. The van der Waals surface area contributed by atoms with E-state index in [1.165, 1.54) is 0 Å². The number of rotatable bonds is 6. The van der Waals surface area contributed by atoms with Gasteiger partial charge < -0.3 is 4.79 Å². The van der Waals surface area contributed by atoms with Gasteiger partial charge in [-0.15, -0.1) is 0 Å². The van der Waals surface area contributed by atoms with Gasteiger partial charge in [-0.2, -0.15) is 26.3 Å². The zero-order valence-electron chi connectivity index (χ0n) is 13.8. The van der Waals surface area contributed by atoms with Crippen LogP contribution < -0.4 is 5.56 Å². The highest BCUT2D eigenvalue weighted by Crippen LogP contribution is 2.30. The van der Waals surface area contributed by atoms with Crippen molar-refractivity contribution in [3.05, 3.63) is 52.1 Å². The quantitative estimate of drug-likeness (QED) is 0.551. The maximum absolute atomic E-state index is 12.6. The molecule has 0 saturated carbocycles. The van der Waals surface area contributed by atoms with Crippen LogP contribution in [-0.2, 0) is 23.9 Å². The Bertz CT molecular complexity index is 854. The van der Waals surface area contributed by atoms with Gasteiger partial charge in [-0.05, 0) is 18.6 Å². The Hall–Kier alpha value is -2.65. The van der Waals surface area contributed by atoms with Crippen molar-refractivity contribution in [2.24, 2.45) is 0 Å². The number of aromatic nitrogens is 2. The Morgan fingerprint density at radius 3 is 2.19 bits per heavy atom. The molecule has 0 saturated heterocycles. The van der Waals surface area contributed by atoms with Gasteiger partial charge in [-0.3, -0.25) is 9.36 Å². The van der Waals surface area contributed by atoms with Gasteiger partial charge in [0.15, 0.2) is 0 Å². The van der Waals surface area contributed by atoms with Crippen LogP contribution >= 0.6 is 0 Å². The van der Waals surface area contributed by atoms with Crippen molar-refractivity contribution in [3.8, 4) is 11.3 Å². The molecule has 4 nitrogen and oxygen atoms in total. The molecule has 0 unspecified atom stereocenters. The number of hydrogen-bond acceptors (Lipinski definition) is 3. The number of hydrogen-bond donors (Lipinski definition) is 0. The maximum atomic E-state index is 12.6. The van der Waals surface area contributed by atoms with E-state index in [0.29, 0.717) is 6.29 Å². The lowest BCUT2D eigenvalue weighted by atomic mass is 10.1. The minimum absolute atomic E-state index is 0.0258. The second-order valence-electron chi connectivity index (χ2n) is 5.72. The first-order chi connectivity index (χ1) is 12.5. The summed E-state index contributed by atoms with van der Waals surface area (Å²) in [5.74, 6) is -0.0336. The summed E-state index contributed by atoms with van der Waals surface area (Å²) < 4.78 is 75.8. The minimum Gasteiger partial charge on any atom is -0.301 e. The van der Waals surface area contributed by atoms with Crippen LogP contribution in [0.3, 0.4) is 0 Å². The van der Waals surface area contributed by atoms with E-state index in [1.54, 1.807) is 0 Å². The van der Waals surface area contributed by atoms with Crippen LogP contribution in [0.2, 0.25) is 0 Å². The molecule has 0 radical (unpaired) electrons. The standard InChI is InChI=1S/C17H14F6N2O2/c18-16(19,20)7-1-2-14-24-13(10-15(27)25(14)8-9-26)11-3-5-12(6-4-11)17(21,22)23/h3-6,9-10H,1-2,7-8H2. The summed E-state index contributed by atoms with van der Waals surface area (Å²) in [6, 6.07) is 4.90. The van der Waals surface area contributed by atoms with Gasteiger partial charge in [0.1, 0.15) is 12.1 Å². The molecule has 0 aliphatic heterocycles. The van der Waals surface area contributed by atoms with Crippen LogP contribution in [0.25, 0.3) is 11.3 Å². The molecule has 0 N–H and O–H groups in total. The van der Waals surface area contributed by atoms with Gasteiger partial charge in [-0.25, -0.2) is 4.98 Å². The van der Waals surface area contributed by atoms with Crippen LogP contribution in [0.15, 0.2) is 35.1 Å². The molecule has 10 heteroatoms. The summed E-state index contributed by atoms with van der Waals surface area (Å²) in [7, 11) is 0. The number of halogens is 6. The van der Waals surface area contributed by atoms with E-state index in [2.05, 4.69) is 4.98 Å². The summed E-state index contributed by atoms with van der Waals surface area (Å²) in [5.41, 5.74) is -1.33. The molecule has 27 heavy (non-hydrogen) atoms. The van der Waals surface area contributed by atoms with Gasteiger partial charge in [0.2, 0.25) is 0 Å². The summed E-state index contributed by atoms with van der Waals surface area (Å²) in [5, 5.41) is 0. The van der Waals surface area contributed by atoms with Crippen LogP contribution in [0.1, 0.15) is 24.2 Å². The lowest BCUT2D eigenvalue weighted by Gasteiger charge is -2.13. The number of carbonyl (C=O) groups excluding carboxylic acids is 1. The second kappa shape index (κ2) is 7.93. The summed E-state index contributed by atoms with van der Waals surface area (Å²) in [6.07, 6.45) is -10.1. The van der Waals surface area contributed by atoms with Crippen molar-refractivity contribution in [2.75, 3.05) is 0 Å². The molecule has 0 fully saturated rings. The van der Waals surface area contributed by atoms with E-state index in [0.717, 1.165) is 34.9 Å². The number of nitrogens with zero attached hydrogens (tertiary/aromatic N) is 2. The molecule has 2 aromatic rings. The Balaban J connectivity index is 2.37. The smallest absolute Gasteiger partial charge is 0.301 e. The first-order valence-corrected chi connectivity index (χ1v) is 7.80. The molecule has 0 spiro atoms. The molecule has 0 amide bonds. The van der Waals surface area contributed by atoms with E-state index in [1.807, 2.05) is 0 Å². The van der Waals surface area contributed by atoms with Gasteiger partial charge >= 0.3 is 12.4 Å². The third-order valence-corrected chi connectivity index (χ3v) is 3.71. The van der Waals surface area contributed by atoms with E-state index in [-0.39, 0.29) is 36.5 Å². The number of carbonyl (C=O) groups is 1. The van der Waals surface area contributed by atoms with Crippen molar-refractivity contribution in [3.63, 3.8) is 0 Å². The summed E-state index contributed by atoms with van der Waals surface area (Å²) in [6.45, 7) is -0.375. The van der Waals surface area contributed by atoms with Crippen molar-refractivity contribution in [2.45, 2.75) is 38.2 Å². The second-order valence-corrected chi connectivity index (χ2v) is 5.72. The van der Waals surface area contributed by atoms with Crippen LogP contribution in [0.4, 0.5) is 26.3 Å². The number of aldehydes is 1. The fourth-order valence-corrected chi connectivity index (χ4v) is 2.44. The minimum atomic E-state index is -4.53. The number of aryl methyl sites for hydroxylation is 1. The predicted octanol–water partition coefficient (Wildman–Crippen LogP) is 4.01.